The molecule has 3 aliphatic heterocycles. The van der Waals surface area contributed by atoms with Gasteiger partial charge in [0.2, 0.25) is 5.91 Å². The third kappa shape index (κ3) is 2.18. The smallest absolute Gasteiger partial charge is 0.253 e. The Hall–Kier alpha value is -2.21. The number of carbonyl (C=O) groups is 2. The fourth-order valence-corrected chi connectivity index (χ4v) is 4.82. The largest absolute Gasteiger partial charge is 0.274 e. The molecule has 3 heterocycles. The number of hydrazine groups is 1. The molecule has 3 unspecified atom stereocenters. The van der Waals surface area contributed by atoms with E-state index in [9.17, 15) is 9.59 Å². The number of carbonyl (C=O) groups excluding carboxylic acids is 2. The molecule has 2 aromatic rings. The van der Waals surface area contributed by atoms with Gasteiger partial charge in [0.05, 0.1) is 17.6 Å². The second-order valence-corrected chi connectivity index (χ2v) is 7.43. The highest BCUT2D eigenvalue weighted by atomic mass is 35.5. The van der Waals surface area contributed by atoms with Crippen molar-refractivity contribution in [2.75, 3.05) is 18.0 Å². The summed E-state index contributed by atoms with van der Waals surface area (Å²) in [4.78, 5) is 27.9. The highest BCUT2D eigenvalue weighted by Gasteiger charge is 2.62. The van der Waals surface area contributed by atoms with Gasteiger partial charge in [0.25, 0.3) is 5.91 Å². The summed E-state index contributed by atoms with van der Waals surface area (Å²) >= 11 is 6.09. The van der Waals surface area contributed by atoms with Gasteiger partial charge in [-0.2, -0.15) is 0 Å². The molecule has 0 aliphatic carbocycles. The van der Waals surface area contributed by atoms with Crippen LogP contribution in [0.2, 0.25) is 5.02 Å². The van der Waals surface area contributed by atoms with Crippen molar-refractivity contribution in [2.24, 2.45) is 5.92 Å². The van der Waals surface area contributed by atoms with Crippen LogP contribution in [0.4, 0.5) is 5.69 Å². The highest BCUT2D eigenvalue weighted by molar-refractivity contribution is 6.31. The van der Waals surface area contributed by atoms with Crippen LogP contribution in [0, 0.1) is 5.92 Å². The summed E-state index contributed by atoms with van der Waals surface area (Å²) in [7, 11) is 0. The molecule has 26 heavy (non-hydrogen) atoms. The molecular formula is C20H18ClN3O2. The first-order chi connectivity index (χ1) is 12.7. The first-order valence-corrected chi connectivity index (χ1v) is 9.26. The van der Waals surface area contributed by atoms with Crippen LogP contribution in [-0.2, 0) is 9.59 Å². The van der Waals surface area contributed by atoms with Gasteiger partial charge in [-0.3, -0.25) is 9.59 Å². The van der Waals surface area contributed by atoms with Crippen LogP contribution in [0.5, 0.6) is 0 Å². The lowest BCUT2D eigenvalue weighted by molar-refractivity contribution is -0.126. The highest BCUT2D eigenvalue weighted by Crippen LogP contribution is 2.48. The van der Waals surface area contributed by atoms with E-state index in [0.29, 0.717) is 10.7 Å². The molecule has 3 atom stereocenters. The molecule has 6 heteroatoms. The van der Waals surface area contributed by atoms with Crippen molar-refractivity contribution in [3.63, 3.8) is 0 Å². The molecule has 0 saturated carbocycles. The van der Waals surface area contributed by atoms with Gasteiger partial charge in [-0.1, -0.05) is 48.0 Å². The number of anilines is 1. The Morgan fingerprint density at radius 3 is 2.31 bits per heavy atom. The van der Waals surface area contributed by atoms with Crippen molar-refractivity contribution >= 4 is 29.1 Å². The first kappa shape index (κ1) is 16.0. The molecule has 2 aromatic carbocycles. The lowest BCUT2D eigenvalue weighted by Gasteiger charge is -2.29. The van der Waals surface area contributed by atoms with Crippen molar-refractivity contribution < 1.29 is 9.59 Å². The summed E-state index contributed by atoms with van der Waals surface area (Å²) in [6, 6.07) is 16.5. The predicted molar refractivity (Wildman–Crippen MR) is 98.4 cm³/mol. The number of rotatable bonds is 2. The van der Waals surface area contributed by atoms with E-state index >= 15 is 0 Å². The Morgan fingerprint density at radius 2 is 1.58 bits per heavy atom. The Kier molecular flexibility index (Phi) is 3.64. The predicted octanol–water partition coefficient (Wildman–Crippen LogP) is 2.88. The number of nitrogens with zero attached hydrogens (tertiary/aromatic N) is 3. The molecule has 0 aromatic heterocycles. The van der Waals surface area contributed by atoms with Crippen molar-refractivity contribution in [3.05, 3.63) is 65.2 Å². The van der Waals surface area contributed by atoms with E-state index in [-0.39, 0.29) is 23.8 Å². The van der Waals surface area contributed by atoms with E-state index in [2.05, 4.69) is 10.0 Å². The average Bonchev–Trinajstić information content (AvgIpc) is 3.28. The number of benzene rings is 2. The van der Waals surface area contributed by atoms with E-state index in [1.807, 2.05) is 30.3 Å². The third-order valence-corrected chi connectivity index (χ3v) is 5.85. The van der Waals surface area contributed by atoms with Crippen LogP contribution < -0.4 is 4.90 Å². The number of halogens is 1. The second kappa shape index (κ2) is 5.91. The van der Waals surface area contributed by atoms with Crippen LogP contribution in [-0.4, -0.2) is 41.0 Å². The molecule has 5 nitrogen and oxygen atoms in total. The standard InChI is InChI=1S/C20H18ClN3O2/c21-14-8-4-9-15(12-14)24-19(25)16-17(13-6-2-1-3-7-13)22-10-5-11-23(22)18(16)20(24)26/h1-4,6-9,12,16-18H,5,10-11H2. The lowest BCUT2D eigenvalue weighted by Crippen LogP contribution is -2.44. The van der Waals surface area contributed by atoms with Crippen LogP contribution in [0.3, 0.4) is 0 Å². The molecule has 3 saturated heterocycles. The first-order valence-electron chi connectivity index (χ1n) is 8.88. The van der Waals surface area contributed by atoms with Crippen LogP contribution in [0.1, 0.15) is 18.0 Å². The molecular weight excluding hydrogens is 350 g/mol. The fourth-order valence-electron chi connectivity index (χ4n) is 4.63. The van der Waals surface area contributed by atoms with Gasteiger partial charge < -0.3 is 0 Å². The third-order valence-electron chi connectivity index (χ3n) is 5.61. The Bertz CT molecular complexity index is 888. The summed E-state index contributed by atoms with van der Waals surface area (Å²) in [5.41, 5.74) is 1.64. The normalized spacial score (nSPS) is 28.7. The summed E-state index contributed by atoms with van der Waals surface area (Å²) in [5, 5.41) is 4.84. The SMILES string of the molecule is O=C1C2C(C(=O)N1c1cccc(Cl)c1)N1CCCN1C2c1ccccc1. The molecule has 0 N–H and O–H groups in total. The summed E-state index contributed by atoms with van der Waals surface area (Å²) < 4.78 is 0. The molecule has 132 valence electrons. The zero-order chi connectivity index (χ0) is 17.8. The topological polar surface area (TPSA) is 43.9 Å². The van der Waals surface area contributed by atoms with Crippen LogP contribution in [0.15, 0.2) is 54.6 Å². The van der Waals surface area contributed by atoms with E-state index < -0.39 is 6.04 Å². The minimum Gasteiger partial charge on any atom is -0.274 e. The minimum atomic E-state index is -0.422. The number of imide groups is 1. The molecule has 5 rings (SSSR count). The van der Waals surface area contributed by atoms with E-state index in [4.69, 9.17) is 11.6 Å². The number of fused-ring (bicyclic) bond motifs is 3. The van der Waals surface area contributed by atoms with E-state index in [0.717, 1.165) is 25.1 Å². The van der Waals surface area contributed by atoms with Crippen molar-refractivity contribution in [1.82, 2.24) is 10.0 Å². The second-order valence-electron chi connectivity index (χ2n) is 7.00. The fraction of sp³-hybridized carbons (Fsp3) is 0.300. The van der Waals surface area contributed by atoms with Crippen LogP contribution in [0.25, 0.3) is 0 Å². The molecule has 2 amide bonds. The number of amides is 2. The Labute approximate surface area is 156 Å². The molecule has 0 spiro atoms. The van der Waals surface area contributed by atoms with Gasteiger partial charge in [0.15, 0.2) is 0 Å². The maximum atomic E-state index is 13.3. The maximum absolute atomic E-state index is 13.3. The van der Waals surface area contributed by atoms with Crippen molar-refractivity contribution in [2.45, 2.75) is 18.5 Å². The zero-order valence-corrected chi connectivity index (χ0v) is 14.8. The molecule has 0 radical (unpaired) electrons. The van der Waals surface area contributed by atoms with Crippen molar-refractivity contribution in [3.8, 4) is 0 Å². The number of hydrogen-bond acceptors (Lipinski definition) is 4. The van der Waals surface area contributed by atoms with Crippen LogP contribution >= 0.6 is 11.6 Å². The maximum Gasteiger partial charge on any atom is 0.253 e. The Morgan fingerprint density at radius 1 is 0.846 bits per heavy atom. The van der Waals surface area contributed by atoms with Gasteiger partial charge >= 0.3 is 0 Å². The van der Waals surface area contributed by atoms with Gasteiger partial charge in [-0.25, -0.2) is 14.9 Å². The number of hydrogen-bond donors (Lipinski definition) is 0. The zero-order valence-electron chi connectivity index (χ0n) is 14.1. The molecule has 0 bridgehead atoms. The minimum absolute atomic E-state index is 0.0932. The van der Waals surface area contributed by atoms with Crippen molar-refractivity contribution in [1.29, 1.82) is 0 Å². The molecule has 3 fully saturated rings. The molecule has 3 aliphatic rings. The van der Waals surface area contributed by atoms with Gasteiger partial charge in [-0.05, 0) is 30.2 Å². The Balaban J connectivity index is 1.60. The van der Waals surface area contributed by atoms with Gasteiger partial charge in [0.1, 0.15) is 6.04 Å². The lowest BCUT2D eigenvalue weighted by atomic mass is 9.90. The monoisotopic (exact) mass is 367 g/mol. The average molecular weight is 368 g/mol. The van der Waals surface area contributed by atoms with Gasteiger partial charge in [0, 0.05) is 18.1 Å². The summed E-state index contributed by atoms with van der Waals surface area (Å²) in [6.07, 6.45) is 1.01. The summed E-state index contributed by atoms with van der Waals surface area (Å²) in [6.45, 7) is 1.69. The summed E-state index contributed by atoms with van der Waals surface area (Å²) in [5.74, 6) is -0.665. The van der Waals surface area contributed by atoms with E-state index in [1.165, 1.54) is 4.90 Å². The van der Waals surface area contributed by atoms with Gasteiger partial charge in [-0.15, -0.1) is 0 Å². The van der Waals surface area contributed by atoms with E-state index in [1.54, 1.807) is 24.3 Å². The quantitative estimate of drug-likeness (QED) is 0.766.